The summed E-state index contributed by atoms with van der Waals surface area (Å²) < 4.78 is 17.5. The lowest BCUT2D eigenvalue weighted by atomic mass is 9.42. The molecule has 0 heterocycles. The first-order valence-electron chi connectivity index (χ1n) is 12.8. The van der Waals surface area contributed by atoms with Crippen LogP contribution >= 0.6 is 0 Å². The van der Waals surface area contributed by atoms with Crippen LogP contribution in [0.5, 0.6) is 0 Å². The molecule has 0 aromatic rings. The number of hydrogen-bond donors (Lipinski definition) is 0. The number of Topliss-reactive ketones (excluding diaryl/α,β-unsaturated/α-hetero) is 2. The predicted molar refractivity (Wildman–Crippen MR) is 124 cm³/mol. The highest BCUT2D eigenvalue weighted by atomic mass is 16.6. The lowest BCUT2D eigenvalue weighted by molar-refractivity contribution is -0.254. The van der Waals surface area contributed by atoms with Gasteiger partial charge in [0, 0.05) is 39.0 Å². The lowest BCUT2D eigenvalue weighted by Gasteiger charge is -2.64. The van der Waals surface area contributed by atoms with E-state index < -0.39 is 35.0 Å². The van der Waals surface area contributed by atoms with Gasteiger partial charge >= 0.3 is 17.9 Å². The highest BCUT2D eigenvalue weighted by molar-refractivity contribution is 5.99. The Labute approximate surface area is 206 Å². The molecule has 3 unspecified atom stereocenters. The van der Waals surface area contributed by atoms with Gasteiger partial charge in [0.15, 0.2) is 11.4 Å². The van der Waals surface area contributed by atoms with Crippen LogP contribution in [0.3, 0.4) is 0 Å². The van der Waals surface area contributed by atoms with E-state index in [1.807, 2.05) is 6.92 Å². The summed E-state index contributed by atoms with van der Waals surface area (Å²) in [6.45, 7) is 9.54. The van der Waals surface area contributed by atoms with Gasteiger partial charge in [0.25, 0.3) is 0 Å². The Bertz CT molecular complexity index is 957. The molecule has 0 saturated heterocycles. The first-order chi connectivity index (χ1) is 16.3. The molecular formula is C27H38O8. The van der Waals surface area contributed by atoms with E-state index in [4.69, 9.17) is 14.2 Å². The summed E-state index contributed by atoms with van der Waals surface area (Å²) in [7, 11) is 0. The van der Waals surface area contributed by atoms with Gasteiger partial charge in [-0.2, -0.15) is 0 Å². The van der Waals surface area contributed by atoms with E-state index in [9.17, 15) is 24.0 Å². The maximum absolute atomic E-state index is 13.9. The minimum atomic E-state index is -1.51. The third kappa shape index (κ3) is 3.73. The summed E-state index contributed by atoms with van der Waals surface area (Å²) in [6.07, 6.45) is 3.35. The lowest BCUT2D eigenvalue weighted by Crippen LogP contribution is -2.71. The molecule has 194 valence electrons. The molecule has 8 heteroatoms. The zero-order valence-electron chi connectivity index (χ0n) is 21.7. The molecule has 0 aromatic heterocycles. The van der Waals surface area contributed by atoms with Crippen molar-refractivity contribution in [2.45, 2.75) is 104 Å². The van der Waals surface area contributed by atoms with E-state index in [0.717, 1.165) is 25.7 Å². The molecule has 0 N–H and O–H groups in total. The highest BCUT2D eigenvalue weighted by Gasteiger charge is 2.78. The van der Waals surface area contributed by atoms with Gasteiger partial charge < -0.3 is 14.2 Å². The van der Waals surface area contributed by atoms with Crippen LogP contribution in [0.2, 0.25) is 0 Å². The number of hydrogen-bond acceptors (Lipinski definition) is 8. The summed E-state index contributed by atoms with van der Waals surface area (Å²) in [5, 5.41) is 0. The first-order valence-corrected chi connectivity index (χ1v) is 12.8. The van der Waals surface area contributed by atoms with Crippen molar-refractivity contribution in [3.05, 3.63) is 0 Å². The molecular weight excluding hydrogens is 452 g/mol. The number of rotatable bonds is 4. The second kappa shape index (κ2) is 8.70. The van der Waals surface area contributed by atoms with Gasteiger partial charge in [0.1, 0.15) is 18.0 Å². The molecule has 9 atom stereocenters. The van der Waals surface area contributed by atoms with E-state index in [1.165, 1.54) is 27.7 Å². The molecule has 0 radical (unpaired) electrons. The first kappa shape index (κ1) is 25.8. The van der Waals surface area contributed by atoms with Crippen molar-refractivity contribution in [2.24, 2.45) is 34.5 Å². The smallest absolute Gasteiger partial charge is 0.303 e. The average Bonchev–Trinajstić information content (AvgIpc) is 2.97. The van der Waals surface area contributed by atoms with E-state index in [0.29, 0.717) is 12.8 Å². The summed E-state index contributed by atoms with van der Waals surface area (Å²) in [4.78, 5) is 63.0. The summed E-state index contributed by atoms with van der Waals surface area (Å²) in [5.74, 6) is -2.48. The number of carbonyl (C=O) groups is 5. The van der Waals surface area contributed by atoms with Crippen molar-refractivity contribution in [3.8, 4) is 0 Å². The van der Waals surface area contributed by atoms with Crippen LogP contribution in [0.4, 0.5) is 0 Å². The fourth-order valence-corrected chi connectivity index (χ4v) is 8.68. The van der Waals surface area contributed by atoms with Crippen molar-refractivity contribution in [3.63, 3.8) is 0 Å². The van der Waals surface area contributed by atoms with Crippen LogP contribution in [0, 0.1) is 34.5 Å². The molecule has 4 fully saturated rings. The SMILES string of the molecule is CC(=O)OC1CC[C@@]2(C)C(CC[C@@H]3[C@@H]2CC(OC(C)=O)[C@]2(C)[C@@H](C(C)=O)CC(=O)[C@@]32OC(C)=O)C1. The predicted octanol–water partition coefficient (Wildman–Crippen LogP) is 3.57. The largest absolute Gasteiger partial charge is 0.463 e. The summed E-state index contributed by atoms with van der Waals surface area (Å²) in [5.41, 5.74) is -2.85. The maximum Gasteiger partial charge on any atom is 0.303 e. The van der Waals surface area contributed by atoms with Crippen molar-refractivity contribution in [1.29, 1.82) is 0 Å². The third-order valence-corrected chi connectivity index (χ3v) is 10.1. The number of carbonyl (C=O) groups excluding carboxylic acids is 5. The molecule has 4 saturated carbocycles. The molecule has 0 aliphatic heterocycles. The van der Waals surface area contributed by atoms with Crippen molar-refractivity contribution in [2.75, 3.05) is 0 Å². The van der Waals surface area contributed by atoms with Crippen LogP contribution in [0.1, 0.15) is 86.5 Å². The Kier molecular flexibility index (Phi) is 6.42. The Balaban J connectivity index is 1.82. The standard InChI is InChI=1S/C27H38O8/c1-14(28)21-12-23(32)27(35-17(4)31)20-8-7-18-11-19(33-15(2)29)9-10-25(18,5)22(20)13-24(26(21,27)6)34-16(3)30/h18-22,24H,7-13H2,1-6H3/t18?,19?,20-,21-,22+,24?,25+,26+,27+/m1/s1. The minimum Gasteiger partial charge on any atom is -0.463 e. The van der Waals surface area contributed by atoms with Gasteiger partial charge in [-0.05, 0) is 62.7 Å². The topological polar surface area (TPSA) is 113 Å². The van der Waals surface area contributed by atoms with Crippen LogP contribution in [0.15, 0.2) is 0 Å². The number of ketones is 2. The molecule has 8 nitrogen and oxygen atoms in total. The molecule has 0 aromatic carbocycles. The van der Waals surface area contributed by atoms with Gasteiger partial charge in [-0.3, -0.25) is 24.0 Å². The molecule has 0 amide bonds. The van der Waals surface area contributed by atoms with Crippen LogP contribution < -0.4 is 0 Å². The third-order valence-electron chi connectivity index (χ3n) is 10.1. The maximum atomic E-state index is 13.9. The van der Waals surface area contributed by atoms with E-state index in [1.54, 1.807) is 0 Å². The Morgan fingerprint density at radius 2 is 1.49 bits per heavy atom. The zero-order chi connectivity index (χ0) is 25.9. The fraction of sp³-hybridized carbons (Fsp3) is 0.815. The number of esters is 3. The Morgan fingerprint density at radius 1 is 0.829 bits per heavy atom. The second-order valence-electron chi connectivity index (χ2n) is 11.7. The van der Waals surface area contributed by atoms with Gasteiger partial charge in [-0.15, -0.1) is 0 Å². The normalized spacial score (nSPS) is 44.3. The second-order valence-corrected chi connectivity index (χ2v) is 11.7. The minimum absolute atomic E-state index is 0.0191. The zero-order valence-corrected chi connectivity index (χ0v) is 21.7. The van der Waals surface area contributed by atoms with E-state index in [2.05, 4.69) is 6.92 Å². The quantitative estimate of drug-likeness (QED) is 0.434. The number of fused-ring (bicyclic) bond motifs is 5. The molecule has 35 heavy (non-hydrogen) atoms. The van der Waals surface area contributed by atoms with Crippen molar-refractivity contribution in [1.82, 2.24) is 0 Å². The molecule has 4 aliphatic rings. The van der Waals surface area contributed by atoms with Gasteiger partial charge in [-0.25, -0.2) is 0 Å². The highest BCUT2D eigenvalue weighted by Crippen LogP contribution is 2.70. The Hall–Kier alpha value is -2.25. The van der Waals surface area contributed by atoms with Crippen LogP contribution in [-0.4, -0.2) is 47.3 Å². The van der Waals surface area contributed by atoms with Crippen LogP contribution in [0.25, 0.3) is 0 Å². The van der Waals surface area contributed by atoms with Gasteiger partial charge in [0.05, 0.1) is 5.41 Å². The number of ether oxygens (including phenoxy) is 3. The summed E-state index contributed by atoms with van der Waals surface area (Å²) in [6, 6.07) is 0. The molecule has 4 rings (SSSR count). The average molecular weight is 491 g/mol. The Morgan fingerprint density at radius 3 is 2.06 bits per heavy atom. The van der Waals surface area contributed by atoms with Gasteiger partial charge in [-0.1, -0.05) is 13.8 Å². The fourth-order valence-electron chi connectivity index (χ4n) is 8.68. The monoisotopic (exact) mass is 490 g/mol. The van der Waals surface area contributed by atoms with E-state index in [-0.39, 0.29) is 53.2 Å². The van der Waals surface area contributed by atoms with Crippen LogP contribution in [-0.2, 0) is 38.2 Å². The molecule has 4 aliphatic carbocycles. The summed E-state index contributed by atoms with van der Waals surface area (Å²) >= 11 is 0. The molecule has 0 spiro atoms. The van der Waals surface area contributed by atoms with Crippen molar-refractivity contribution >= 4 is 29.5 Å². The van der Waals surface area contributed by atoms with Crippen molar-refractivity contribution < 1.29 is 38.2 Å². The molecule has 0 bridgehead atoms. The van der Waals surface area contributed by atoms with E-state index >= 15 is 0 Å². The van der Waals surface area contributed by atoms with Gasteiger partial charge in [0.2, 0.25) is 0 Å².